The van der Waals surface area contributed by atoms with Gasteiger partial charge in [0, 0.05) is 31.6 Å². The third-order valence-corrected chi connectivity index (χ3v) is 5.75. The van der Waals surface area contributed by atoms with Gasteiger partial charge in [0.25, 0.3) is 0 Å². The van der Waals surface area contributed by atoms with Gasteiger partial charge in [-0.3, -0.25) is 9.88 Å². The Bertz CT molecular complexity index is 1080. The average molecular weight is 380 g/mol. The topological polar surface area (TPSA) is 28.2 Å². The van der Waals surface area contributed by atoms with Crippen LogP contribution >= 0.6 is 0 Å². The zero-order valence-corrected chi connectivity index (χ0v) is 16.5. The molecule has 5 rings (SSSR count). The number of benzene rings is 3. The Labute approximate surface area is 172 Å². The molecule has 1 aliphatic heterocycles. The van der Waals surface area contributed by atoms with Crippen molar-refractivity contribution in [3.05, 3.63) is 102 Å². The van der Waals surface area contributed by atoms with E-state index in [-0.39, 0.29) is 6.04 Å². The largest absolute Gasteiger partial charge is 0.314 e. The van der Waals surface area contributed by atoms with Gasteiger partial charge in [0.05, 0.1) is 17.3 Å². The predicted molar refractivity (Wildman–Crippen MR) is 120 cm³/mol. The lowest BCUT2D eigenvalue weighted by Crippen LogP contribution is -2.45. The Morgan fingerprint density at radius 3 is 2.17 bits per heavy atom. The van der Waals surface area contributed by atoms with Crippen molar-refractivity contribution in [2.24, 2.45) is 0 Å². The number of nitrogens with zero attached hydrogens (tertiary/aromatic N) is 2. The first-order valence-corrected chi connectivity index (χ1v) is 10.3. The molecule has 3 heteroatoms. The van der Waals surface area contributed by atoms with Gasteiger partial charge in [-0.2, -0.15) is 0 Å². The van der Waals surface area contributed by atoms with Gasteiger partial charge in [0.15, 0.2) is 0 Å². The molecule has 4 aromatic rings. The molecular formula is C26H25N3. The number of pyridine rings is 1. The van der Waals surface area contributed by atoms with Crippen molar-refractivity contribution in [3.8, 4) is 11.1 Å². The summed E-state index contributed by atoms with van der Waals surface area (Å²) in [5.41, 5.74) is 5.99. The second-order valence-electron chi connectivity index (χ2n) is 7.61. The van der Waals surface area contributed by atoms with Crippen molar-refractivity contribution in [1.29, 1.82) is 0 Å². The fourth-order valence-electron chi connectivity index (χ4n) is 4.23. The summed E-state index contributed by atoms with van der Waals surface area (Å²) in [5.74, 6) is 0. The maximum absolute atomic E-state index is 5.05. The van der Waals surface area contributed by atoms with Gasteiger partial charge in [0.1, 0.15) is 0 Å². The van der Waals surface area contributed by atoms with Crippen molar-refractivity contribution in [2.45, 2.75) is 6.04 Å². The van der Waals surface area contributed by atoms with Crippen LogP contribution in [0, 0.1) is 0 Å². The molecule has 1 fully saturated rings. The van der Waals surface area contributed by atoms with E-state index in [1.165, 1.54) is 22.1 Å². The van der Waals surface area contributed by atoms with Gasteiger partial charge in [-0.1, -0.05) is 78.9 Å². The average Bonchev–Trinajstić information content (AvgIpc) is 2.81. The molecule has 1 N–H and O–H groups in total. The highest BCUT2D eigenvalue weighted by Crippen LogP contribution is 2.31. The van der Waals surface area contributed by atoms with E-state index in [1.807, 2.05) is 0 Å². The van der Waals surface area contributed by atoms with Crippen LogP contribution in [0.1, 0.15) is 17.3 Å². The van der Waals surface area contributed by atoms with E-state index in [4.69, 9.17) is 4.98 Å². The molecule has 0 bridgehead atoms. The van der Waals surface area contributed by atoms with Gasteiger partial charge in [-0.05, 0) is 28.8 Å². The fraction of sp³-hybridized carbons (Fsp3) is 0.192. The molecule has 1 aliphatic rings. The lowest BCUT2D eigenvalue weighted by atomic mass is 9.97. The number of rotatable bonds is 4. The molecular weight excluding hydrogens is 354 g/mol. The summed E-state index contributed by atoms with van der Waals surface area (Å²) in [6.07, 6.45) is 0. The molecule has 1 atom stereocenters. The van der Waals surface area contributed by atoms with E-state index in [9.17, 15) is 0 Å². The van der Waals surface area contributed by atoms with Gasteiger partial charge in [-0.25, -0.2) is 0 Å². The summed E-state index contributed by atoms with van der Waals surface area (Å²) in [7, 11) is 0. The van der Waals surface area contributed by atoms with Crippen molar-refractivity contribution in [1.82, 2.24) is 15.2 Å². The zero-order valence-electron chi connectivity index (χ0n) is 16.5. The van der Waals surface area contributed by atoms with Crippen LogP contribution in [0.4, 0.5) is 0 Å². The zero-order chi connectivity index (χ0) is 19.5. The van der Waals surface area contributed by atoms with Crippen molar-refractivity contribution < 1.29 is 0 Å². The normalized spacial score (nSPS) is 16.0. The number of hydrogen-bond donors (Lipinski definition) is 1. The Morgan fingerprint density at radius 2 is 1.38 bits per heavy atom. The highest BCUT2D eigenvalue weighted by molar-refractivity contribution is 5.78. The Balaban J connectivity index is 1.54. The van der Waals surface area contributed by atoms with Gasteiger partial charge < -0.3 is 5.32 Å². The molecule has 1 saturated heterocycles. The van der Waals surface area contributed by atoms with Crippen LogP contribution in [0.2, 0.25) is 0 Å². The first-order valence-electron chi connectivity index (χ1n) is 10.3. The van der Waals surface area contributed by atoms with Crippen LogP contribution in [0.25, 0.3) is 22.0 Å². The van der Waals surface area contributed by atoms with Crippen molar-refractivity contribution in [2.75, 3.05) is 26.2 Å². The number of aromatic nitrogens is 1. The van der Waals surface area contributed by atoms with E-state index in [0.29, 0.717) is 0 Å². The molecule has 0 radical (unpaired) electrons. The first-order chi connectivity index (χ1) is 14.4. The van der Waals surface area contributed by atoms with Crippen molar-refractivity contribution >= 4 is 10.9 Å². The van der Waals surface area contributed by atoms with Crippen LogP contribution in [0.15, 0.2) is 91.0 Å². The van der Waals surface area contributed by atoms with Crippen LogP contribution in [0.3, 0.4) is 0 Å². The van der Waals surface area contributed by atoms with Gasteiger partial charge in [0.2, 0.25) is 0 Å². The highest BCUT2D eigenvalue weighted by atomic mass is 15.2. The molecule has 0 spiro atoms. The Kier molecular flexibility index (Phi) is 5.08. The van der Waals surface area contributed by atoms with Gasteiger partial charge in [-0.15, -0.1) is 0 Å². The fourth-order valence-corrected chi connectivity index (χ4v) is 4.23. The molecule has 2 heterocycles. The second-order valence-corrected chi connectivity index (χ2v) is 7.61. The number of nitrogens with one attached hydrogen (secondary N) is 1. The van der Waals surface area contributed by atoms with Crippen molar-refractivity contribution in [3.63, 3.8) is 0 Å². The quantitative estimate of drug-likeness (QED) is 0.547. The summed E-state index contributed by atoms with van der Waals surface area (Å²) in [5, 5.41) is 4.66. The molecule has 29 heavy (non-hydrogen) atoms. The monoisotopic (exact) mass is 379 g/mol. The molecule has 3 nitrogen and oxygen atoms in total. The minimum Gasteiger partial charge on any atom is -0.314 e. The van der Waals surface area contributed by atoms with Crippen LogP contribution in [0.5, 0.6) is 0 Å². The minimum atomic E-state index is 0.173. The SMILES string of the molecule is c1ccc(-c2ccc(C(c3ccc4ccccc4n3)N3CCNCC3)cc2)cc1. The third-order valence-electron chi connectivity index (χ3n) is 5.75. The molecule has 1 unspecified atom stereocenters. The molecule has 1 aromatic heterocycles. The summed E-state index contributed by atoms with van der Waals surface area (Å²) >= 11 is 0. The van der Waals surface area contributed by atoms with Crippen LogP contribution in [-0.2, 0) is 0 Å². The highest BCUT2D eigenvalue weighted by Gasteiger charge is 2.25. The smallest absolute Gasteiger partial charge is 0.0777 e. The predicted octanol–water partition coefficient (Wildman–Crippen LogP) is 4.90. The minimum absolute atomic E-state index is 0.173. The van der Waals surface area contributed by atoms with E-state index < -0.39 is 0 Å². The number of piperazine rings is 1. The molecule has 0 amide bonds. The van der Waals surface area contributed by atoms with E-state index in [0.717, 1.165) is 37.4 Å². The maximum atomic E-state index is 5.05. The van der Waals surface area contributed by atoms with Crippen LogP contribution in [-0.4, -0.2) is 36.1 Å². The summed E-state index contributed by atoms with van der Waals surface area (Å²) < 4.78 is 0. The third kappa shape index (κ3) is 3.80. The summed E-state index contributed by atoms with van der Waals surface area (Å²) in [6.45, 7) is 4.09. The number of para-hydroxylation sites is 1. The summed E-state index contributed by atoms with van der Waals surface area (Å²) in [6, 6.07) is 32.5. The standard InChI is InChI=1S/C26H25N3/c1-2-6-20(7-3-1)21-10-12-23(13-11-21)26(29-18-16-27-17-19-29)25-15-14-22-8-4-5-9-24(22)28-25/h1-15,26-27H,16-19H2. The Morgan fingerprint density at radius 1 is 0.690 bits per heavy atom. The Hall–Kier alpha value is -3.01. The second kappa shape index (κ2) is 8.16. The summed E-state index contributed by atoms with van der Waals surface area (Å²) in [4.78, 5) is 7.59. The maximum Gasteiger partial charge on any atom is 0.0777 e. The first kappa shape index (κ1) is 18.0. The number of hydrogen-bond acceptors (Lipinski definition) is 3. The lowest BCUT2D eigenvalue weighted by Gasteiger charge is -2.35. The van der Waals surface area contributed by atoms with E-state index >= 15 is 0 Å². The van der Waals surface area contributed by atoms with Gasteiger partial charge >= 0.3 is 0 Å². The molecule has 3 aromatic carbocycles. The molecule has 144 valence electrons. The van der Waals surface area contributed by atoms with Crippen LogP contribution < -0.4 is 5.32 Å². The lowest BCUT2D eigenvalue weighted by molar-refractivity contribution is 0.196. The van der Waals surface area contributed by atoms with E-state index in [1.54, 1.807) is 0 Å². The van der Waals surface area contributed by atoms with E-state index in [2.05, 4.69) is 101 Å². The molecule has 0 aliphatic carbocycles. The molecule has 0 saturated carbocycles. The number of fused-ring (bicyclic) bond motifs is 1.